The number of nitrogen functional groups attached to an aromatic ring is 2. The largest absolute Gasteiger partial charge is 0.397 e. The summed E-state index contributed by atoms with van der Waals surface area (Å²) in [6, 6.07) is 7.21. The standard InChI is InChI=1S/C16H13BrN8/c1-7-4-8(17)2-3-9(7)13-11-12(20)10(5-18)14(21)24-15(11)25-16(23-13)22-6-19/h2-4,13H,1H3,(H6,20,21,22,23,24,25). The van der Waals surface area contributed by atoms with Gasteiger partial charge in [-0.05, 0) is 30.2 Å². The molecule has 6 N–H and O–H groups in total. The number of aryl methyl sites for hydroxylation is 1. The molecule has 25 heavy (non-hydrogen) atoms. The van der Waals surface area contributed by atoms with E-state index in [2.05, 4.69) is 36.5 Å². The molecular weight excluding hydrogens is 384 g/mol. The number of nitrogens with zero attached hydrogens (tertiary/aromatic N) is 4. The molecule has 1 aliphatic rings. The van der Waals surface area contributed by atoms with E-state index in [4.69, 9.17) is 16.7 Å². The van der Waals surface area contributed by atoms with Crippen LogP contribution in [0.2, 0.25) is 0 Å². The summed E-state index contributed by atoms with van der Waals surface area (Å²) in [6.45, 7) is 1.95. The normalized spacial score (nSPS) is 15.2. The molecular formula is C16H13BrN8. The topological polar surface area (TPSA) is 149 Å². The van der Waals surface area contributed by atoms with Gasteiger partial charge in [-0.1, -0.05) is 22.0 Å². The summed E-state index contributed by atoms with van der Waals surface area (Å²) in [5.74, 6) is 0.628. The van der Waals surface area contributed by atoms with Gasteiger partial charge in [-0.3, -0.25) is 5.32 Å². The Kier molecular flexibility index (Phi) is 4.17. The number of anilines is 3. The van der Waals surface area contributed by atoms with Crippen LogP contribution in [0, 0.1) is 29.7 Å². The van der Waals surface area contributed by atoms with E-state index < -0.39 is 6.04 Å². The van der Waals surface area contributed by atoms with Gasteiger partial charge < -0.3 is 16.8 Å². The van der Waals surface area contributed by atoms with Crippen LogP contribution in [-0.4, -0.2) is 10.9 Å². The molecule has 3 rings (SSSR count). The quantitative estimate of drug-likeness (QED) is 0.425. The Morgan fingerprint density at radius 2 is 2.08 bits per heavy atom. The van der Waals surface area contributed by atoms with Crippen LogP contribution in [0.3, 0.4) is 0 Å². The van der Waals surface area contributed by atoms with E-state index in [-0.39, 0.29) is 23.0 Å². The van der Waals surface area contributed by atoms with E-state index in [1.54, 1.807) is 0 Å². The molecule has 8 nitrogen and oxygen atoms in total. The number of nitrogens with one attached hydrogen (secondary N) is 2. The van der Waals surface area contributed by atoms with Crippen molar-refractivity contribution in [3.8, 4) is 12.3 Å². The molecule has 2 heterocycles. The highest BCUT2D eigenvalue weighted by molar-refractivity contribution is 9.10. The number of fused-ring (bicyclic) bond motifs is 1. The van der Waals surface area contributed by atoms with E-state index >= 15 is 0 Å². The number of aromatic nitrogens is 1. The highest BCUT2D eigenvalue weighted by Crippen LogP contribution is 2.41. The van der Waals surface area contributed by atoms with Gasteiger partial charge in [-0.15, -0.1) is 0 Å². The predicted octanol–water partition coefficient (Wildman–Crippen LogP) is 2.13. The van der Waals surface area contributed by atoms with Crippen LogP contribution >= 0.6 is 15.9 Å². The second-order valence-corrected chi connectivity index (χ2v) is 6.32. The third kappa shape index (κ3) is 2.82. The van der Waals surface area contributed by atoms with E-state index in [0.29, 0.717) is 11.4 Å². The van der Waals surface area contributed by atoms with Gasteiger partial charge in [0.05, 0.1) is 5.69 Å². The minimum Gasteiger partial charge on any atom is -0.397 e. The summed E-state index contributed by atoms with van der Waals surface area (Å²) < 4.78 is 0.934. The maximum atomic E-state index is 9.32. The Hall–Kier alpha value is -3.30. The van der Waals surface area contributed by atoms with Gasteiger partial charge in [0.25, 0.3) is 0 Å². The van der Waals surface area contributed by atoms with E-state index in [0.717, 1.165) is 15.6 Å². The molecule has 0 amide bonds. The molecule has 0 spiro atoms. The first-order valence-electron chi connectivity index (χ1n) is 7.21. The number of nitriles is 2. The Labute approximate surface area is 152 Å². The van der Waals surface area contributed by atoms with Crippen molar-refractivity contribution >= 4 is 39.2 Å². The van der Waals surface area contributed by atoms with Gasteiger partial charge >= 0.3 is 0 Å². The van der Waals surface area contributed by atoms with Crippen molar-refractivity contribution in [3.63, 3.8) is 0 Å². The molecule has 0 bridgehead atoms. The fraction of sp³-hybridized carbons (Fsp3) is 0.125. The number of hydrogen-bond donors (Lipinski definition) is 4. The van der Waals surface area contributed by atoms with Gasteiger partial charge in [0.2, 0.25) is 5.96 Å². The first-order chi connectivity index (χ1) is 12.0. The predicted molar refractivity (Wildman–Crippen MR) is 98.3 cm³/mol. The molecule has 1 unspecified atom stereocenters. The minimum absolute atomic E-state index is 0.0238. The zero-order chi connectivity index (χ0) is 18.1. The lowest BCUT2D eigenvalue weighted by molar-refractivity contribution is 0.838. The number of guanidine groups is 1. The number of aliphatic imine (C=N–C) groups is 1. The van der Waals surface area contributed by atoms with E-state index in [1.165, 1.54) is 0 Å². The zero-order valence-corrected chi connectivity index (χ0v) is 14.7. The summed E-state index contributed by atoms with van der Waals surface area (Å²) in [4.78, 5) is 8.75. The van der Waals surface area contributed by atoms with Crippen molar-refractivity contribution in [1.82, 2.24) is 10.3 Å². The minimum atomic E-state index is -0.527. The molecule has 0 saturated heterocycles. The molecule has 0 aliphatic carbocycles. The smallest absolute Gasteiger partial charge is 0.211 e. The molecule has 1 aromatic carbocycles. The van der Waals surface area contributed by atoms with Crippen LogP contribution in [0.4, 0.5) is 17.3 Å². The molecule has 9 heteroatoms. The Morgan fingerprint density at radius 3 is 2.72 bits per heavy atom. The molecule has 1 atom stereocenters. The van der Waals surface area contributed by atoms with Crippen molar-refractivity contribution in [2.45, 2.75) is 13.0 Å². The summed E-state index contributed by atoms with van der Waals surface area (Å²) in [7, 11) is 0. The van der Waals surface area contributed by atoms with E-state index in [9.17, 15) is 5.26 Å². The third-order valence-corrected chi connectivity index (χ3v) is 4.38. The lowest BCUT2D eigenvalue weighted by Gasteiger charge is -2.27. The second-order valence-electron chi connectivity index (χ2n) is 5.40. The van der Waals surface area contributed by atoms with Crippen molar-refractivity contribution in [2.75, 3.05) is 16.8 Å². The third-order valence-electron chi connectivity index (χ3n) is 3.88. The zero-order valence-electron chi connectivity index (χ0n) is 13.1. The summed E-state index contributed by atoms with van der Waals surface area (Å²) >= 11 is 3.44. The SMILES string of the molecule is Cc1cc(Br)ccc1C1N=C(NC#N)Nc2nc(N)c(C#N)c(N)c21. The van der Waals surface area contributed by atoms with Gasteiger partial charge in [-0.2, -0.15) is 10.5 Å². The van der Waals surface area contributed by atoms with Gasteiger partial charge in [0.15, 0.2) is 6.19 Å². The number of halogens is 1. The molecule has 0 saturated carbocycles. The Morgan fingerprint density at radius 1 is 1.32 bits per heavy atom. The van der Waals surface area contributed by atoms with Crippen LogP contribution in [0.1, 0.15) is 28.3 Å². The molecule has 1 aromatic heterocycles. The lowest BCUT2D eigenvalue weighted by Crippen LogP contribution is -2.33. The molecule has 124 valence electrons. The van der Waals surface area contributed by atoms with Crippen LogP contribution in [0.25, 0.3) is 0 Å². The number of pyridine rings is 1. The first kappa shape index (κ1) is 16.6. The maximum absolute atomic E-state index is 9.32. The lowest BCUT2D eigenvalue weighted by atomic mass is 9.92. The fourth-order valence-corrected chi connectivity index (χ4v) is 3.23. The molecule has 1 aliphatic heterocycles. The van der Waals surface area contributed by atoms with E-state index in [1.807, 2.05) is 37.4 Å². The van der Waals surface area contributed by atoms with Crippen LogP contribution in [-0.2, 0) is 0 Å². The van der Waals surface area contributed by atoms with Crippen molar-refractivity contribution in [2.24, 2.45) is 4.99 Å². The van der Waals surface area contributed by atoms with Crippen LogP contribution in [0.5, 0.6) is 0 Å². The second kappa shape index (κ2) is 6.30. The number of benzene rings is 1. The van der Waals surface area contributed by atoms with Crippen molar-refractivity contribution in [3.05, 3.63) is 44.9 Å². The fourth-order valence-electron chi connectivity index (χ4n) is 2.75. The number of hydrogen-bond acceptors (Lipinski definition) is 8. The van der Waals surface area contributed by atoms with Crippen LogP contribution in [0.15, 0.2) is 27.7 Å². The highest BCUT2D eigenvalue weighted by atomic mass is 79.9. The van der Waals surface area contributed by atoms with Gasteiger partial charge in [0, 0.05) is 10.0 Å². The van der Waals surface area contributed by atoms with Crippen molar-refractivity contribution in [1.29, 1.82) is 10.5 Å². The monoisotopic (exact) mass is 396 g/mol. The first-order valence-corrected chi connectivity index (χ1v) is 8.00. The van der Waals surface area contributed by atoms with Gasteiger partial charge in [0.1, 0.15) is 29.3 Å². The highest BCUT2D eigenvalue weighted by Gasteiger charge is 2.30. The van der Waals surface area contributed by atoms with Crippen molar-refractivity contribution < 1.29 is 0 Å². The Balaban J connectivity index is 2.28. The van der Waals surface area contributed by atoms with Crippen LogP contribution < -0.4 is 22.1 Å². The molecule has 0 fully saturated rings. The van der Waals surface area contributed by atoms with Gasteiger partial charge in [-0.25, -0.2) is 9.98 Å². The maximum Gasteiger partial charge on any atom is 0.211 e. The average molecular weight is 397 g/mol. The number of nitrogens with two attached hydrogens (primary N) is 2. The Bertz CT molecular complexity index is 983. The summed E-state index contributed by atoms with van der Waals surface area (Å²) in [5, 5.41) is 23.6. The molecule has 0 radical (unpaired) electrons. The summed E-state index contributed by atoms with van der Waals surface area (Å²) in [5.41, 5.74) is 14.8. The summed E-state index contributed by atoms with van der Waals surface area (Å²) in [6.07, 6.45) is 1.82. The molecule has 2 aromatic rings. The number of rotatable bonds is 1. The average Bonchev–Trinajstić information content (AvgIpc) is 2.54.